The molecule has 0 aliphatic heterocycles. The number of aryl methyl sites for hydroxylation is 2. The van der Waals surface area contributed by atoms with Crippen LogP contribution in [0.3, 0.4) is 0 Å². The van der Waals surface area contributed by atoms with Gasteiger partial charge in [0.2, 0.25) is 6.71 Å². The van der Waals surface area contributed by atoms with Crippen LogP contribution in [0.5, 0.6) is 0 Å². The summed E-state index contributed by atoms with van der Waals surface area (Å²) in [5.41, 5.74) is 16.5. The molecule has 0 bridgehead atoms. The highest BCUT2D eigenvalue weighted by molar-refractivity contribution is 6.93. The van der Waals surface area contributed by atoms with Crippen LogP contribution < -0.4 is 10.9 Å². The SMILES string of the molecule is CC/C=C\C=C/c1cccc(C)c1B(/C1=C/C=C\C(c2ccc3c(c2)C(C)(C)c2ccccc2-3)=C/CC1)c1c(C)ccc2ccccc12. The van der Waals surface area contributed by atoms with Gasteiger partial charge in [-0.15, -0.1) is 0 Å². The summed E-state index contributed by atoms with van der Waals surface area (Å²) in [4.78, 5) is 0. The van der Waals surface area contributed by atoms with Crippen LogP contribution in [-0.2, 0) is 5.41 Å². The molecule has 0 radical (unpaired) electrons. The first-order valence-electron chi connectivity index (χ1n) is 17.6. The van der Waals surface area contributed by atoms with Crippen LogP contribution in [-0.4, -0.2) is 6.71 Å². The minimum Gasteiger partial charge on any atom is -0.0904 e. The molecular weight excluding hydrogens is 575 g/mol. The molecule has 7 rings (SSSR count). The van der Waals surface area contributed by atoms with Crippen molar-refractivity contribution < 1.29 is 0 Å². The third-order valence-corrected chi connectivity index (χ3v) is 10.6. The molecule has 1 heteroatoms. The summed E-state index contributed by atoms with van der Waals surface area (Å²) in [7, 11) is 0. The van der Waals surface area contributed by atoms with Crippen molar-refractivity contribution in [1.29, 1.82) is 0 Å². The Labute approximate surface area is 288 Å². The second kappa shape index (κ2) is 13.3. The molecule has 0 aromatic heterocycles. The minimum absolute atomic E-state index is 0.00350. The van der Waals surface area contributed by atoms with Crippen LogP contribution in [0.1, 0.15) is 73.4 Å². The second-order valence-electron chi connectivity index (χ2n) is 14.0. The van der Waals surface area contributed by atoms with Crippen LogP contribution in [0.15, 0.2) is 145 Å². The van der Waals surface area contributed by atoms with E-state index in [0.29, 0.717) is 0 Å². The van der Waals surface area contributed by atoms with Gasteiger partial charge < -0.3 is 0 Å². The highest BCUT2D eigenvalue weighted by Crippen LogP contribution is 2.49. The second-order valence-corrected chi connectivity index (χ2v) is 14.0. The molecule has 5 aromatic rings. The van der Waals surface area contributed by atoms with Gasteiger partial charge in [-0.25, -0.2) is 0 Å². The summed E-state index contributed by atoms with van der Waals surface area (Å²) in [5.74, 6) is 0. The van der Waals surface area contributed by atoms with E-state index in [9.17, 15) is 0 Å². The lowest BCUT2D eigenvalue weighted by molar-refractivity contribution is 0.660. The Morgan fingerprint density at radius 2 is 1.54 bits per heavy atom. The van der Waals surface area contributed by atoms with Crippen molar-refractivity contribution in [3.05, 3.63) is 178 Å². The fourth-order valence-corrected chi connectivity index (χ4v) is 8.08. The lowest BCUT2D eigenvalue weighted by atomic mass is 9.33. The van der Waals surface area contributed by atoms with Gasteiger partial charge >= 0.3 is 0 Å². The molecule has 0 spiro atoms. The molecule has 0 unspecified atom stereocenters. The van der Waals surface area contributed by atoms with E-state index in [0.717, 1.165) is 19.3 Å². The highest BCUT2D eigenvalue weighted by atomic mass is 14.4. The summed E-state index contributed by atoms with van der Waals surface area (Å²) in [6, 6.07) is 36.3. The lowest BCUT2D eigenvalue weighted by Gasteiger charge is -2.26. The fraction of sp³-hybridized carbons (Fsp3) is 0.191. The summed E-state index contributed by atoms with van der Waals surface area (Å²) in [6.45, 7) is 11.6. The van der Waals surface area contributed by atoms with Gasteiger partial charge in [0.15, 0.2) is 0 Å². The zero-order valence-corrected chi connectivity index (χ0v) is 29.1. The molecule has 0 atom stereocenters. The molecule has 0 amide bonds. The maximum atomic E-state index is 2.46. The van der Waals surface area contributed by atoms with E-state index in [1.54, 1.807) is 0 Å². The smallest absolute Gasteiger partial charge is 0.0904 e. The molecule has 0 N–H and O–H groups in total. The molecule has 48 heavy (non-hydrogen) atoms. The predicted octanol–water partition coefficient (Wildman–Crippen LogP) is 11.3. The number of hydrogen-bond acceptors (Lipinski definition) is 0. The van der Waals surface area contributed by atoms with Crippen molar-refractivity contribution >= 4 is 40.1 Å². The van der Waals surface area contributed by atoms with Gasteiger partial charge in [0, 0.05) is 5.41 Å². The fourth-order valence-electron chi connectivity index (χ4n) is 8.08. The van der Waals surface area contributed by atoms with Gasteiger partial charge in [-0.1, -0.05) is 188 Å². The first kappa shape index (κ1) is 31.7. The van der Waals surface area contributed by atoms with Crippen LogP contribution in [0.2, 0.25) is 0 Å². The molecule has 0 nitrogen and oxygen atoms in total. The maximum absolute atomic E-state index is 2.46. The van der Waals surface area contributed by atoms with Crippen molar-refractivity contribution in [3.8, 4) is 11.1 Å². The van der Waals surface area contributed by atoms with Crippen LogP contribution >= 0.6 is 0 Å². The Morgan fingerprint density at radius 1 is 0.750 bits per heavy atom. The zero-order chi connectivity index (χ0) is 33.3. The maximum Gasteiger partial charge on any atom is 0.239 e. The van der Waals surface area contributed by atoms with E-state index in [4.69, 9.17) is 0 Å². The quantitative estimate of drug-likeness (QED) is 0.125. The summed E-state index contributed by atoms with van der Waals surface area (Å²) >= 11 is 0. The van der Waals surface area contributed by atoms with Gasteiger partial charge in [0.05, 0.1) is 0 Å². The normalized spacial score (nSPS) is 18.1. The molecular formula is C47H45B. The number of allylic oxidation sites excluding steroid dienone is 9. The average Bonchev–Trinajstić information content (AvgIpc) is 3.31. The van der Waals surface area contributed by atoms with Gasteiger partial charge in [-0.2, -0.15) is 0 Å². The van der Waals surface area contributed by atoms with Crippen molar-refractivity contribution in [2.45, 2.75) is 59.3 Å². The Balaban J connectivity index is 1.32. The van der Waals surface area contributed by atoms with Gasteiger partial charge in [-0.3, -0.25) is 0 Å². The number of hydrogen-bond donors (Lipinski definition) is 0. The Bertz CT molecular complexity index is 2160. The Hall–Kier alpha value is -4.88. The largest absolute Gasteiger partial charge is 0.239 e. The molecule has 0 fully saturated rings. The van der Waals surface area contributed by atoms with E-state index in [-0.39, 0.29) is 12.1 Å². The van der Waals surface area contributed by atoms with Crippen molar-refractivity contribution in [2.75, 3.05) is 0 Å². The Kier molecular flexibility index (Phi) is 8.80. The van der Waals surface area contributed by atoms with E-state index in [1.807, 2.05) is 0 Å². The molecule has 236 valence electrons. The van der Waals surface area contributed by atoms with E-state index < -0.39 is 0 Å². The summed E-state index contributed by atoms with van der Waals surface area (Å²) in [5, 5.41) is 2.64. The molecule has 0 saturated heterocycles. The molecule has 0 heterocycles. The van der Waals surface area contributed by atoms with Crippen molar-refractivity contribution in [1.82, 2.24) is 0 Å². The predicted molar refractivity (Wildman–Crippen MR) is 212 cm³/mol. The van der Waals surface area contributed by atoms with Gasteiger partial charge in [-0.05, 0) is 88.9 Å². The van der Waals surface area contributed by atoms with Gasteiger partial charge in [0.25, 0.3) is 0 Å². The van der Waals surface area contributed by atoms with E-state index in [1.165, 1.54) is 77.3 Å². The van der Waals surface area contributed by atoms with Crippen molar-refractivity contribution in [2.24, 2.45) is 0 Å². The van der Waals surface area contributed by atoms with E-state index in [2.05, 4.69) is 180 Å². The zero-order valence-electron chi connectivity index (χ0n) is 29.1. The number of rotatable bonds is 7. The summed E-state index contributed by atoms with van der Waals surface area (Å²) in [6.07, 6.45) is 21.4. The minimum atomic E-state index is -0.00350. The molecule has 2 aliphatic rings. The van der Waals surface area contributed by atoms with Crippen LogP contribution in [0, 0.1) is 13.8 Å². The topological polar surface area (TPSA) is 0 Å². The highest BCUT2D eigenvalue weighted by Gasteiger charge is 2.35. The standard InChI is InChI=1S/C47H45B/c1-6-7-8-9-19-37-22-14-17-33(2)45(37)48(46-34(3)28-29-36-18-10-11-25-40(36)46)39-23-15-20-35(21-16-24-39)38-30-31-42-41-26-12-13-27-43(41)47(4,5)44(42)32-38/h7-15,17-23,25-32H,6,16,24H2,1-5H3/b8-7-,19-9-,20-15-,35-21+,39-23+. The first-order valence-corrected chi connectivity index (χ1v) is 17.6. The first-order chi connectivity index (χ1) is 23.4. The molecule has 2 aliphatic carbocycles. The van der Waals surface area contributed by atoms with E-state index >= 15 is 0 Å². The summed E-state index contributed by atoms with van der Waals surface area (Å²) < 4.78 is 0. The molecule has 5 aromatic carbocycles. The lowest BCUT2D eigenvalue weighted by Crippen LogP contribution is -2.48. The Morgan fingerprint density at radius 3 is 2.42 bits per heavy atom. The van der Waals surface area contributed by atoms with Gasteiger partial charge in [0.1, 0.15) is 0 Å². The number of fused-ring (bicyclic) bond motifs is 4. The third kappa shape index (κ3) is 5.77. The number of benzene rings is 5. The van der Waals surface area contributed by atoms with Crippen LogP contribution in [0.25, 0.3) is 33.5 Å². The average molecular weight is 621 g/mol. The third-order valence-electron chi connectivity index (χ3n) is 10.6. The van der Waals surface area contributed by atoms with Crippen LogP contribution in [0.4, 0.5) is 0 Å². The van der Waals surface area contributed by atoms with Crippen molar-refractivity contribution in [3.63, 3.8) is 0 Å². The molecule has 0 saturated carbocycles. The monoisotopic (exact) mass is 620 g/mol.